The van der Waals surface area contributed by atoms with Gasteiger partial charge in [-0.15, -0.1) is 0 Å². The minimum absolute atomic E-state index is 0.100. The van der Waals surface area contributed by atoms with Crippen molar-refractivity contribution in [2.24, 2.45) is 0 Å². The number of benzene rings is 1. The van der Waals surface area contributed by atoms with Crippen LogP contribution in [0.15, 0.2) is 34.9 Å². The van der Waals surface area contributed by atoms with Gasteiger partial charge in [0.1, 0.15) is 0 Å². The first-order chi connectivity index (χ1) is 13.7. The SMILES string of the molecule is Cc1noc2nc(C3CC3)cc(C(=O)NCc3ccccc3N3CCCC3)c12. The minimum Gasteiger partial charge on any atom is -0.371 e. The van der Waals surface area contributed by atoms with Gasteiger partial charge in [-0.3, -0.25) is 4.79 Å². The molecular formula is C22H24N4O2. The van der Waals surface area contributed by atoms with E-state index in [1.54, 1.807) is 0 Å². The average molecular weight is 376 g/mol. The van der Waals surface area contributed by atoms with Crippen LogP contribution in [-0.2, 0) is 6.54 Å². The molecule has 3 aromatic rings. The Morgan fingerprint density at radius 2 is 2.04 bits per heavy atom. The summed E-state index contributed by atoms with van der Waals surface area (Å²) in [7, 11) is 0. The van der Waals surface area contributed by atoms with Crippen molar-refractivity contribution in [3.05, 3.63) is 52.8 Å². The van der Waals surface area contributed by atoms with E-state index in [0.717, 1.165) is 42.6 Å². The molecule has 2 aromatic heterocycles. The van der Waals surface area contributed by atoms with Crippen LogP contribution in [0.25, 0.3) is 11.1 Å². The molecule has 0 atom stereocenters. The van der Waals surface area contributed by atoms with E-state index < -0.39 is 0 Å². The molecule has 2 fully saturated rings. The highest BCUT2D eigenvalue weighted by atomic mass is 16.5. The molecule has 5 rings (SSSR count). The summed E-state index contributed by atoms with van der Waals surface area (Å²) in [6, 6.07) is 10.3. The molecule has 0 bridgehead atoms. The highest BCUT2D eigenvalue weighted by Gasteiger charge is 2.28. The number of aromatic nitrogens is 2. The van der Waals surface area contributed by atoms with Crippen LogP contribution < -0.4 is 10.2 Å². The first-order valence-electron chi connectivity index (χ1n) is 10.1. The molecule has 0 unspecified atom stereocenters. The van der Waals surface area contributed by atoms with Crippen molar-refractivity contribution in [2.75, 3.05) is 18.0 Å². The highest BCUT2D eigenvalue weighted by molar-refractivity contribution is 6.06. The number of hydrogen-bond acceptors (Lipinski definition) is 5. The van der Waals surface area contributed by atoms with Gasteiger partial charge in [0.15, 0.2) is 0 Å². The molecule has 2 aliphatic rings. The Bertz CT molecular complexity index is 1030. The van der Waals surface area contributed by atoms with Crippen LogP contribution in [0.4, 0.5) is 5.69 Å². The van der Waals surface area contributed by atoms with Gasteiger partial charge in [-0.25, -0.2) is 4.98 Å². The fourth-order valence-electron chi connectivity index (χ4n) is 4.08. The number of nitrogens with one attached hydrogen (secondary N) is 1. The van der Waals surface area contributed by atoms with Gasteiger partial charge in [-0.05, 0) is 50.3 Å². The number of pyridine rings is 1. The van der Waals surface area contributed by atoms with E-state index in [-0.39, 0.29) is 5.91 Å². The van der Waals surface area contributed by atoms with E-state index >= 15 is 0 Å². The third kappa shape index (κ3) is 3.13. The van der Waals surface area contributed by atoms with Crippen molar-refractivity contribution >= 4 is 22.7 Å². The van der Waals surface area contributed by atoms with Gasteiger partial charge in [0.05, 0.1) is 16.6 Å². The number of amides is 1. The Kier molecular flexibility index (Phi) is 4.26. The molecule has 0 radical (unpaired) electrons. The maximum Gasteiger partial charge on any atom is 0.259 e. The third-order valence-corrected chi connectivity index (χ3v) is 5.75. The van der Waals surface area contributed by atoms with Crippen LogP contribution in [0.5, 0.6) is 0 Å². The summed E-state index contributed by atoms with van der Waals surface area (Å²) in [5.74, 6) is 0.342. The Balaban J connectivity index is 1.41. The zero-order valence-corrected chi connectivity index (χ0v) is 16.1. The quantitative estimate of drug-likeness (QED) is 0.730. The van der Waals surface area contributed by atoms with E-state index in [4.69, 9.17) is 4.52 Å². The average Bonchev–Trinajstić information content (AvgIpc) is 3.30. The predicted molar refractivity (Wildman–Crippen MR) is 108 cm³/mol. The number of carbonyl (C=O) groups excluding carboxylic acids is 1. The van der Waals surface area contributed by atoms with Gasteiger partial charge in [0, 0.05) is 36.9 Å². The number of para-hydroxylation sites is 1. The molecule has 1 saturated heterocycles. The Hall–Kier alpha value is -2.89. The molecule has 1 aromatic carbocycles. The number of rotatable bonds is 5. The largest absolute Gasteiger partial charge is 0.371 e. The third-order valence-electron chi connectivity index (χ3n) is 5.75. The molecule has 0 spiro atoms. The number of nitrogens with zero attached hydrogens (tertiary/aromatic N) is 3. The molecule has 1 amide bonds. The van der Waals surface area contributed by atoms with Gasteiger partial charge in [0.2, 0.25) is 0 Å². The van der Waals surface area contributed by atoms with Gasteiger partial charge in [-0.1, -0.05) is 23.4 Å². The van der Waals surface area contributed by atoms with E-state index in [2.05, 4.69) is 38.6 Å². The first kappa shape index (κ1) is 17.2. The van der Waals surface area contributed by atoms with Crippen LogP contribution in [0.1, 0.15) is 58.9 Å². The van der Waals surface area contributed by atoms with Crippen molar-refractivity contribution in [1.29, 1.82) is 0 Å². The van der Waals surface area contributed by atoms with Gasteiger partial charge in [-0.2, -0.15) is 0 Å². The normalized spacial score (nSPS) is 16.7. The lowest BCUT2D eigenvalue weighted by Gasteiger charge is -2.21. The first-order valence-corrected chi connectivity index (χ1v) is 10.1. The Morgan fingerprint density at radius 1 is 1.25 bits per heavy atom. The Morgan fingerprint density at radius 3 is 2.82 bits per heavy atom. The molecule has 1 aliphatic carbocycles. The van der Waals surface area contributed by atoms with Gasteiger partial charge < -0.3 is 14.7 Å². The second kappa shape index (κ2) is 6.93. The molecular weight excluding hydrogens is 352 g/mol. The second-order valence-electron chi connectivity index (χ2n) is 7.82. The molecule has 1 aliphatic heterocycles. The lowest BCUT2D eigenvalue weighted by molar-refractivity contribution is 0.0952. The lowest BCUT2D eigenvalue weighted by atomic mass is 10.1. The van der Waals surface area contributed by atoms with Crippen molar-refractivity contribution in [3.63, 3.8) is 0 Å². The van der Waals surface area contributed by atoms with Crippen molar-refractivity contribution < 1.29 is 9.32 Å². The number of anilines is 1. The number of aryl methyl sites for hydroxylation is 1. The second-order valence-corrected chi connectivity index (χ2v) is 7.82. The smallest absolute Gasteiger partial charge is 0.259 e. The summed E-state index contributed by atoms with van der Waals surface area (Å²) >= 11 is 0. The van der Waals surface area contributed by atoms with E-state index in [1.807, 2.05) is 19.1 Å². The zero-order chi connectivity index (χ0) is 19.1. The van der Waals surface area contributed by atoms with Crippen molar-refractivity contribution in [2.45, 2.75) is 45.1 Å². The van der Waals surface area contributed by atoms with Gasteiger partial charge in [0.25, 0.3) is 11.6 Å². The molecule has 6 nitrogen and oxygen atoms in total. The lowest BCUT2D eigenvalue weighted by Crippen LogP contribution is -2.26. The highest BCUT2D eigenvalue weighted by Crippen LogP contribution is 2.40. The fourth-order valence-corrected chi connectivity index (χ4v) is 4.08. The van der Waals surface area contributed by atoms with Crippen molar-refractivity contribution in [3.8, 4) is 0 Å². The van der Waals surface area contributed by atoms with E-state index in [1.165, 1.54) is 18.5 Å². The minimum atomic E-state index is -0.100. The topological polar surface area (TPSA) is 71.3 Å². The standard InChI is InChI=1S/C22H24N4O2/c1-14-20-17(12-18(15-8-9-15)24-22(20)28-25-14)21(27)23-13-16-6-2-3-7-19(16)26-10-4-5-11-26/h2-3,6-7,12,15H,4-5,8-11,13H2,1H3,(H,23,27). The monoisotopic (exact) mass is 376 g/mol. The molecule has 1 saturated carbocycles. The fraction of sp³-hybridized carbons (Fsp3) is 0.409. The maximum atomic E-state index is 13.1. The van der Waals surface area contributed by atoms with Crippen LogP contribution in [0, 0.1) is 6.92 Å². The number of fused-ring (bicyclic) bond motifs is 1. The molecule has 28 heavy (non-hydrogen) atoms. The number of carbonyl (C=O) groups is 1. The van der Waals surface area contributed by atoms with Gasteiger partial charge >= 0.3 is 0 Å². The molecule has 144 valence electrons. The summed E-state index contributed by atoms with van der Waals surface area (Å²) in [5.41, 5.74) is 5.08. The van der Waals surface area contributed by atoms with E-state index in [0.29, 0.717) is 29.4 Å². The summed E-state index contributed by atoms with van der Waals surface area (Å²) < 4.78 is 5.36. The van der Waals surface area contributed by atoms with Crippen molar-refractivity contribution in [1.82, 2.24) is 15.5 Å². The van der Waals surface area contributed by atoms with Crippen LogP contribution >= 0.6 is 0 Å². The summed E-state index contributed by atoms with van der Waals surface area (Å²) in [6.07, 6.45) is 4.70. The Labute approximate surface area is 163 Å². The van der Waals surface area contributed by atoms with Crippen LogP contribution in [-0.4, -0.2) is 29.1 Å². The molecule has 3 heterocycles. The zero-order valence-electron chi connectivity index (χ0n) is 16.1. The maximum absolute atomic E-state index is 13.1. The molecule has 1 N–H and O–H groups in total. The summed E-state index contributed by atoms with van der Waals surface area (Å²) in [5, 5.41) is 7.85. The number of hydrogen-bond donors (Lipinski definition) is 1. The van der Waals surface area contributed by atoms with Crippen LogP contribution in [0.2, 0.25) is 0 Å². The summed E-state index contributed by atoms with van der Waals surface area (Å²) in [4.78, 5) is 20.1. The summed E-state index contributed by atoms with van der Waals surface area (Å²) in [6.45, 7) is 4.52. The molecule has 6 heteroatoms. The van der Waals surface area contributed by atoms with Crippen LogP contribution in [0.3, 0.4) is 0 Å². The predicted octanol–water partition coefficient (Wildman–Crippen LogP) is 3.94. The van der Waals surface area contributed by atoms with E-state index in [9.17, 15) is 4.79 Å².